The van der Waals surface area contributed by atoms with E-state index in [2.05, 4.69) is 37.6 Å². The molecule has 12 nitrogen and oxygen atoms in total. The second-order valence-electron chi connectivity index (χ2n) is 10.1. The van der Waals surface area contributed by atoms with E-state index < -0.39 is 27.9 Å². The van der Waals surface area contributed by atoms with Crippen LogP contribution in [0, 0.1) is 10.5 Å². The summed E-state index contributed by atoms with van der Waals surface area (Å²) in [5.41, 5.74) is 1.92. The summed E-state index contributed by atoms with van der Waals surface area (Å²) in [6.45, 7) is 4.07. The Morgan fingerprint density at radius 2 is 1.78 bits per heavy atom. The summed E-state index contributed by atoms with van der Waals surface area (Å²) in [5.74, 6) is -0.203. The number of nitrogens with zero attached hydrogens (tertiary/aromatic N) is 5. The molecule has 1 atom stereocenters. The SMILES string of the molecule is CCOc1ccc(N2C(=O)C(CC(=O)Nc3ccc(I)cc3)N(Cc3/c(=N/S(=O)(=O)c4ccc(C)cc4)o[n-][n+]3C)C2=S)cc1. The van der Waals surface area contributed by atoms with E-state index in [9.17, 15) is 18.0 Å². The van der Waals surface area contributed by atoms with Gasteiger partial charge in [-0.15, -0.1) is 4.40 Å². The second-order valence-corrected chi connectivity index (χ2v) is 13.3. The van der Waals surface area contributed by atoms with Crippen LogP contribution >= 0.6 is 34.8 Å². The first kappa shape index (κ1) is 32.3. The average molecular weight is 761 g/mol. The summed E-state index contributed by atoms with van der Waals surface area (Å²) >= 11 is 7.96. The fourth-order valence-electron chi connectivity index (χ4n) is 4.64. The van der Waals surface area contributed by atoms with Gasteiger partial charge in [-0.05, 0) is 109 Å². The highest BCUT2D eigenvalue weighted by molar-refractivity contribution is 14.1. The van der Waals surface area contributed by atoms with Crippen molar-refractivity contribution in [3.8, 4) is 5.75 Å². The van der Waals surface area contributed by atoms with Crippen LogP contribution in [0.1, 0.15) is 24.6 Å². The summed E-state index contributed by atoms with van der Waals surface area (Å²) in [5, 5.41) is 6.81. The van der Waals surface area contributed by atoms with Crippen LogP contribution in [0.15, 0.2) is 86.6 Å². The normalized spacial score (nSPS) is 15.6. The molecular weight excluding hydrogens is 731 g/mol. The summed E-state index contributed by atoms with van der Waals surface area (Å²) in [7, 11) is -2.60. The third kappa shape index (κ3) is 7.26. The monoisotopic (exact) mass is 760 g/mol. The molecule has 0 saturated carbocycles. The van der Waals surface area contributed by atoms with Crippen LogP contribution in [-0.2, 0) is 33.2 Å². The number of halogens is 1. The van der Waals surface area contributed by atoms with Gasteiger partial charge in [0.25, 0.3) is 27.2 Å². The average Bonchev–Trinajstić information content (AvgIpc) is 3.45. The van der Waals surface area contributed by atoms with Gasteiger partial charge in [0.15, 0.2) is 5.11 Å². The first-order valence-corrected chi connectivity index (χ1v) is 16.7. The van der Waals surface area contributed by atoms with E-state index in [-0.39, 0.29) is 34.2 Å². The number of benzene rings is 3. The van der Waals surface area contributed by atoms with Gasteiger partial charge >= 0.3 is 0 Å². The van der Waals surface area contributed by atoms with Gasteiger partial charge in [0, 0.05) is 9.26 Å². The molecule has 1 aliphatic heterocycles. The molecule has 0 aliphatic carbocycles. The minimum absolute atomic E-state index is 0.0169. The van der Waals surface area contributed by atoms with E-state index in [1.807, 2.05) is 26.0 Å². The predicted octanol–water partition coefficient (Wildman–Crippen LogP) is 3.19. The molecule has 3 aromatic carbocycles. The number of thiocarbonyl (C=S) groups is 1. The van der Waals surface area contributed by atoms with Crippen molar-refractivity contribution in [3.05, 3.63) is 93.2 Å². The first-order valence-electron chi connectivity index (χ1n) is 13.8. The van der Waals surface area contributed by atoms with Crippen LogP contribution < -0.4 is 30.5 Å². The number of ether oxygens (including phenoxy) is 1. The molecule has 1 unspecified atom stereocenters. The molecule has 1 fully saturated rings. The van der Waals surface area contributed by atoms with Gasteiger partial charge in [0.05, 0.1) is 23.6 Å². The zero-order valence-corrected chi connectivity index (χ0v) is 28.3. The Kier molecular flexibility index (Phi) is 9.69. The zero-order chi connectivity index (χ0) is 32.3. The van der Waals surface area contributed by atoms with Crippen molar-refractivity contribution in [1.82, 2.24) is 10.2 Å². The van der Waals surface area contributed by atoms with Crippen LogP contribution in [0.2, 0.25) is 0 Å². The second kappa shape index (κ2) is 13.5. The van der Waals surface area contributed by atoms with Crippen LogP contribution in [0.3, 0.4) is 0 Å². The van der Waals surface area contributed by atoms with Gasteiger partial charge < -0.3 is 19.5 Å². The van der Waals surface area contributed by atoms with E-state index in [1.54, 1.807) is 60.5 Å². The van der Waals surface area contributed by atoms with Crippen LogP contribution in [0.25, 0.3) is 0 Å². The van der Waals surface area contributed by atoms with E-state index in [0.29, 0.717) is 23.7 Å². The van der Waals surface area contributed by atoms with E-state index in [4.69, 9.17) is 21.5 Å². The lowest BCUT2D eigenvalue weighted by molar-refractivity contribution is -0.752. The van der Waals surface area contributed by atoms with Gasteiger partial charge in [-0.3, -0.25) is 19.8 Å². The molecule has 2 heterocycles. The van der Waals surface area contributed by atoms with Gasteiger partial charge in [0.2, 0.25) is 5.91 Å². The molecule has 0 spiro atoms. The molecule has 15 heteroatoms. The largest absolute Gasteiger partial charge is 0.494 e. The molecule has 2 amide bonds. The molecule has 0 bridgehead atoms. The Balaban J connectivity index is 1.49. The van der Waals surface area contributed by atoms with Crippen LogP contribution in [0.5, 0.6) is 5.75 Å². The number of aromatic nitrogens is 2. The van der Waals surface area contributed by atoms with E-state index in [1.165, 1.54) is 21.7 Å². The molecule has 0 radical (unpaired) electrons. The van der Waals surface area contributed by atoms with Crippen molar-refractivity contribution in [3.63, 3.8) is 0 Å². The standard InChI is InChI=1S/C30H29IN6O6S2/c1-4-42-23-13-11-22(12-14-23)37-29(39)25(17-27(38)32-21-9-7-20(31)8-10-21)36(30(37)44)18-26-28(43-34-35(26)3)33-45(40,41)24-15-5-19(2)6-16-24/h5-16,25H,4,17-18H2,1-3H3,(H,32,38)/b33-28-. The van der Waals surface area contributed by atoms with Crippen molar-refractivity contribution in [2.75, 3.05) is 16.8 Å². The summed E-state index contributed by atoms with van der Waals surface area (Å²) < 4.78 is 43.3. The Morgan fingerprint density at radius 3 is 2.42 bits per heavy atom. The molecule has 1 saturated heterocycles. The Morgan fingerprint density at radius 1 is 1.11 bits per heavy atom. The molecule has 1 aliphatic rings. The molecule has 1 aromatic heterocycles. The minimum atomic E-state index is -4.16. The van der Waals surface area contributed by atoms with E-state index >= 15 is 0 Å². The Hall–Kier alpha value is -4.09. The number of amides is 2. The molecule has 234 valence electrons. The molecule has 5 rings (SSSR count). The molecule has 1 N–H and O–H groups in total. The third-order valence-electron chi connectivity index (χ3n) is 6.96. The zero-order valence-electron chi connectivity index (χ0n) is 24.5. The highest BCUT2D eigenvalue weighted by atomic mass is 127. The van der Waals surface area contributed by atoms with Gasteiger partial charge in [-0.2, -0.15) is 8.42 Å². The van der Waals surface area contributed by atoms with Crippen molar-refractivity contribution in [2.24, 2.45) is 11.4 Å². The van der Waals surface area contributed by atoms with Crippen LogP contribution in [-0.4, -0.2) is 42.9 Å². The highest BCUT2D eigenvalue weighted by Crippen LogP contribution is 2.30. The third-order valence-corrected chi connectivity index (χ3v) is 9.37. The lowest BCUT2D eigenvalue weighted by atomic mass is 10.1. The lowest BCUT2D eigenvalue weighted by Gasteiger charge is -2.22. The lowest BCUT2D eigenvalue weighted by Crippen LogP contribution is -2.45. The Labute approximate surface area is 278 Å². The smallest absolute Gasteiger partial charge is 0.289 e. The maximum atomic E-state index is 13.9. The summed E-state index contributed by atoms with van der Waals surface area (Å²) in [6, 6.07) is 19.3. The van der Waals surface area contributed by atoms with Gasteiger partial charge in [0.1, 0.15) is 25.4 Å². The maximum Gasteiger partial charge on any atom is 0.289 e. The van der Waals surface area contributed by atoms with Crippen molar-refractivity contribution < 1.29 is 31.9 Å². The van der Waals surface area contributed by atoms with Crippen LogP contribution in [0.4, 0.5) is 11.4 Å². The quantitative estimate of drug-likeness (QED) is 0.147. The maximum absolute atomic E-state index is 13.9. The highest BCUT2D eigenvalue weighted by Gasteiger charge is 2.45. The Bertz CT molecular complexity index is 1910. The predicted molar refractivity (Wildman–Crippen MR) is 177 cm³/mol. The first-order chi connectivity index (χ1) is 21.5. The van der Waals surface area contributed by atoms with Gasteiger partial charge in [-0.25, -0.2) is 4.68 Å². The molecular formula is C30H29IN6O6S2. The number of aryl methyl sites for hydroxylation is 2. The van der Waals surface area contributed by atoms with Gasteiger partial charge in [-0.1, -0.05) is 17.7 Å². The summed E-state index contributed by atoms with van der Waals surface area (Å²) in [4.78, 5) is 30.0. The summed E-state index contributed by atoms with van der Waals surface area (Å²) in [6.07, 6.45) is -0.234. The van der Waals surface area contributed by atoms with Crippen molar-refractivity contribution in [2.45, 2.75) is 37.8 Å². The number of nitrogens with one attached hydrogen (secondary N) is 1. The molecule has 4 aromatic rings. The number of anilines is 2. The topological polar surface area (TPSA) is 140 Å². The number of sulfonamides is 1. The minimum Gasteiger partial charge on any atom is -0.494 e. The number of carbonyl (C=O) groups excluding carboxylic acids is 2. The number of carbonyl (C=O) groups is 2. The number of rotatable bonds is 10. The van der Waals surface area contributed by atoms with Crippen molar-refractivity contribution in [1.29, 1.82) is 0 Å². The fraction of sp³-hybridized carbons (Fsp3) is 0.233. The number of hydrogen-bond acceptors (Lipinski definition) is 7. The van der Waals surface area contributed by atoms with Crippen molar-refractivity contribution >= 4 is 73.1 Å². The number of hydrogen-bond donors (Lipinski definition) is 1. The molecule has 45 heavy (non-hydrogen) atoms. The fourth-order valence-corrected chi connectivity index (χ4v) is 6.33. The van der Waals surface area contributed by atoms with E-state index in [0.717, 1.165) is 9.13 Å².